The molecule has 0 spiro atoms. The quantitative estimate of drug-likeness (QED) is 0.923. The molecule has 116 valence electrons. The van der Waals surface area contributed by atoms with E-state index in [9.17, 15) is 9.18 Å². The molecule has 1 N–H and O–H groups in total. The van der Waals surface area contributed by atoms with Gasteiger partial charge >= 0.3 is 0 Å². The van der Waals surface area contributed by atoms with Gasteiger partial charge in [-0.05, 0) is 36.8 Å². The number of rotatable bonds is 5. The van der Waals surface area contributed by atoms with Gasteiger partial charge in [0.2, 0.25) is 0 Å². The summed E-state index contributed by atoms with van der Waals surface area (Å²) in [5.74, 6) is 0.553. The van der Waals surface area contributed by atoms with Gasteiger partial charge in [0.25, 0.3) is 5.91 Å². The first-order chi connectivity index (χ1) is 10.5. The monoisotopic (exact) mass is 303 g/mol. The van der Waals surface area contributed by atoms with Crippen LogP contribution in [0.5, 0.6) is 11.5 Å². The summed E-state index contributed by atoms with van der Waals surface area (Å²) in [5.41, 5.74) is 1.95. The number of benzene rings is 2. The van der Waals surface area contributed by atoms with Gasteiger partial charge in [0.05, 0.1) is 14.2 Å². The van der Waals surface area contributed by atoms with Gasteiger partial charge < -0.3 is 14.8 Å². The Kier molecular flexibility index (Phi) is 4.99. The van der Waals surface area contributed by atoms with Crippen molar-refractivity contribution in [3.63, 3.8) is 0 Å². The summed E-state index contributed by atoms with van der Waals surface area (Å²) in [6, 6.07) is 9.41. The summed E-state index contributed by atoms with van der Waals surface area (Å²) in [5, 5.41) is 2.75. The fraction of sp³-hybridized carbons (Fsp3) is 0.235. The van der Waals surface area contributed by atoms with Gasteiger partial charge in [-0.1, -0.05) is 12.1 Å². The molecule has 0 unspecified atom stereocenters. The van der Waals surface area contributed by atoms with E-state index in [0.29, 0.717) is 22.6 Å². The van der Waals surface area contributed by atoms with Crippen LogP contribution < -0.4 is 14.8 Å². The van der Waals surface area contributed by atoms with E-state index in [-0.39, 0.29) is 18.3 Å². The molecule has 1 amide bonds. The van der Waals surface area contributed by atoms with Crippen molar-refractivity contribution in [3.05, 3.63) is 58.9 Å². The van der Waals surface area contributed by atoms with Crippen molar-refractivity contribution < 1.29 is 18.7 Å². The van der Waals surface area contributed by atoms with Crippen LogP contribution in [0.15, 0.2) is 36.4 Å². The molecule has 0 aromatic heterocycles. The number of hydrogen-bond acceptors (Lipinski definition) is 3. The van der Waals surface area contributed by atoms with Gasteiger partial charge in [0.1, 0.15) is 17.3 Å². The molecule has 0 saturated carbocycles. The largest absolute Gasteiger partial charge is 0.496 e. The van der Waals surface area contributed by atoms with Gasteiger partial charge in [-0.2, -0.15) is 0 Å². The zero-order valence-electron chi connectivity index (χ0n) is 12.8. The van der Waals surface area contributed by atoms with Crippen LogP contribution in [0.1, 0.15) is 21.5 Å². The van der Waals surface area contributed by atoms with E-state index in [2.05, 4.69) is 5.32 Å². The Balaban J connectivity index is 2.15. The number of hydrogen-bond donors (Lipinski definition) is 1. The van der Waals surface area contributed by atoms with Crippen molar-refractivity contribution in [3.8, 4) is 11.5 Å². The second-order valence-corrected chi connectivity index (χ2v) is 4.82. The van der Waals surface area contributed by atoms with Crippen molar-refractivity contribution in [1.82, 2.24) is 5.32 Å². The van der Waals surface area contributed by atoms with Crippen molar-refractivity contribution in [2.24, 2.45) is 0 Å². The molecule has 0 atom stereocenters. The van der Waals surface area contributed by atoms with Crippen molar-refractivity contribution in [2.45, 2.75) is 13.5 Å². The Hall–Kier alpha value is -2.56. The molecular weight excluding hydrogens is 285 g/mol. The summed E-state index contributed by atoms with van der Waals surface area (Å²) < 4.78 is 23.6. The second-order valence-electron chi connectivity index (χ2n) is 4.82. The van der Waals surface area contributed by atoms with E-state index in [1.165, 1.54) is 26.4 Å². The Bertz CT molecular complexity index is 660. The molecule has 2 rings (SSSR count). The number of carbonyl (C=O) groups is 1. The highest BCUT2D eigenvalue weighted by molar-refractivity contribution is 5.95. The van der Waals surface area contributed by atoms with Crippen molar-refractivity contribution in [1.29, 1.82) is 0 Å². The van der Waals surface area contributed by atoms with Crippen LogP contribution in [0.3, 0.4) is 0 Å². The van der Waals surface area contributed by atoms with Crippen LogP contribution in [-0.2, 0) is 6.54 Å². The summed E-state index contributed by atoms with van der Waals surface area (Å²) in [7, 11) is 3.08. The Morgan fingerprint density at radius 3 is 2.32 bits per heavy atom. The number of halogens is 1. The summed E-state index contributed by atoms with van der Waals surface area (Å²) in [4.78, 5) is 12.2. The van der Waals surface area contributed by atoms with E-state index in [0.717, 1.165) is 5.56 Å². The highest BCUT2D eigenvalue weighted by Gasteiger charge is 2.13. The Labute approximate surface area is 128 Å². The van der Waals surface area contributed by atoms with Gasteiger partial charge in [-0.15, -0.1) is 0 Å². The molecular formula is C17H18FNO3. The number of ether oxygens (including phenoxy) is 2. The maximum Gasteiger partial charge on any atom is 0.251 e. The maximum absolute atomic E-state index is 13.1. The third-order valence-corrected chi connectivity index (χ3v) is 3.36. The first-order valence-corrected chi connectivity index (χ1v) is 6.80. The Morgan fingerprint density at radius 1 is 1.14 bits per heavy atom. The molecule has 22 heavy (non-hydrogen) atoms. The molecule has 0 aliphatic carbocycles. The molecule has 0 aliphatic rings. The lowest BCUT2D eigenvalue weighted by Gasteiger charge is -2.12. The zero-order chi connectivity index (χ0) is 16.1. The fourth-order valence-corrected chi connectivity index (χ4v) is 2.15. The molecule has 0 fully saturated rings. The predicted octanol–water partition coefficient (Wildman–Crippen LogP) is 3.08. The predicted molar refractivity (Wildman–Crippen MR) is 81.9 cm³/mol. The normalized spacial score (nSPS) is 10.2. The molecule has 0 heterocycles. The van der Waals surface area contributed by atoms with Crippen LogP contribution in [0.25, 0.3) is 0 Å². The van der Waals surface area contributed by atoms with E-state index >= 15 is 0 Å². The number of carbonyl (C=O) groups excluding carboxylic acids is 1. The van der Waals surface area contributed by atoms with E-state index < -0.39 is 0 Å². The topological polar surface area (TPSA) is 47.6 Å². The summed E-state index contributed by atoms with van der Waals surface area (Å²) in [6.45, 7) is 2.10. The molecule has 4 nitrogen and oxygen atoms in total. The van der Waals surface area contributed by atoms with Crippen LogP contribution in [0, 0.1) is 12.7 Å². The van der Waals surface area contributed by atoms with Gasteiger partial charge in [0.15, 0.2) is 0 Å². The molecule has 0 bridgehead atoms. The van der Waals surface area contributed by atoms with Crippen LogP contribution in [0.2, 0.25) is 0 Å². The minimum atomic E-state index is -0.328. The van der Waals surface area contributed by atoms with E-state index in [4.69, 9.17) is 9.47 Å². The smallest absolute Gasteiger partial charge is 0.251 e. The SMILES string of the molecule is COc1cc(C(=O)NCc2cccc(F)c2)cc(OC)c1C. The third kappa shape index (κ3) is 3.55. The highest BCUT2D eigenvalue weighted by Crippen LogP contribution is 2.29. The van der Waals surface area contributed by atoms with Crippen LogP contribution in [-0.4, -0.2) is 20.1 Å². The number of methoxy groups -OCH3 is 2. The third-order valence-electron chi connectivity index (χ3n) is 3.36. The first kappa shape index (κ1) is 15.8. The van der Waals surface area contributed by atoms with Crippen LogP contribution in [0.4, 0.5) is 4.39 Å². The molecule has 2 aromatic rings. The van der Waals surface area contributed by atoms with Crippen molar-refractivity contribution in [2.75, 3.05) is 14.2 Å². The van der Waals surface area contributed by atoms with Gasteiger partial charge in [-0.25, -0.2) is 4.39 Å². The minimum Gasteiger partial charge on any atom is -0.496 e. The second kappa shape index (κ2) is 6.93. The lowest BCUT2D eigenvalue weighted by molar-refractivity contribution is 0.0950. The molecule has 0 saturated heterocycles. The molecule has 0 radical (unpaired) electrons. The molecule has 0 aliphatic heterocycles. The van der Waals surface area contributed by atoms with Gasteiger partial charge in [0, 0.05) is 17.7 Å². The Morgan fingerprint density at radius 2 is 1.77 bits per heavy atom. The van der Waals surface area contributed by atoms with Crippen LogP contribution >= 0.6 is 0 Å². The fourth-order valence-electron chi connectivity index (χ4n) is 2.15. The molecule has 5 heteroatoms. The average molecular weight is 303 g/mol. The highest BCUT2D eigenvalue weighted by atomic mass is 19.1. The lowest BCUT2D eigenvalue weighted by atomic mass is 10.1. The first-order valence-electron chi connectivity index (χ1n) is 6.80. The maximum atomic E-state index is 13.1. The van der Waals surface area contributed by atoms with Crippen molar-refractivity contribution >= 4 is 5.91 Å². The van der Waals surface area contributed by atoms with Gasteiger partial charge in [-0.3, -0.25) is 4.79 Å². The average Bonchev–Trinajstić information content (AvgIpc) is 2.53. The lowest BCUT2D eigenvalue weighted by Crippen LogP contribution is -2.23. The standard InChI is InChI=1S/C17H18FNO3/c1-11-15(21-2)8-13(9-16(11)22-3)17(20)19-10-12-5-4-6-14(18)7-12/h4-9H,10H2,1-3H3,(H,19,20). The summed E-state index contributed by atoms with van der Waals surface area (Å²) >= 11 is 0. The van der Waals surface area contributed by atoms with E-state index in [1.54, 1.807) is 24.3 Å². The zero-order valence-corrected chi connectivity index (χ0v) is 12.8. The van der Waals surface area contributed by atoms with E-state index in [1.807, 2.05) is 6.92 Å². The summed E-state index contributed by atoms with van der Waals surface area (Å²) in [6.07, 6.45) is 0. The minimum absolute atomic E-state index is 0.245. The molecule has 2 aromatic carbocycles. The number of nitrogens with one attached hydrogen (secondary N) is 1. The number of amides is 1.